The van der Waals surface area contributed by atoms with Gasteiger partial charge in [0.1, 0.15) is 6.29 Å². The Hall–Kier alpha value is -1.15. The summed E-state index contributed by atoms with van der Waals surface area (Å²) in [6.45, 7) is 7.55. The van der Waals surface area contributed by atoms with Crippen LogP contribution in [0.25, 0.3) is 0 Å². The lowest BCUT2D eigenvalue weighted by Crippen LogP contribution is -2.23. The Morgan fingerprint density at radius 3 is 2.33 bits per heavy atom. The molecule has 0 bridgehead atoms. The number of hydrogen-bond donors (Lipinski definition) is 0. The van der Waals surface area contributed by atoms with E-state index >= 15 is 0 Å². The molecule has 0 unspecified atom stereocenters. The van der Waals surface area contributed by atoms with E-state index in [-0.39, 0.29) is 0 Å². The number of nitrogens with zero attached hydrogens (tertiary/aromatic N) is 1. The van der Waals surface area contributed by atoms with Crippen LogP contribution in [-0.2, 0) is 6.54 Å². The van der Waals surface area contributed by atoms with E-state index in [1.807, 2.05) is 24.3 Å². The van der Waals surface area contributed by atoms with Gasteiger partial charge in [0.2, 0.25) is 0 Å². The van der Waals surface area contributed by atoms with Gasteiger partial charge in [-0.25, -0.2) is 0 Å². The number of aldehydes is 1. The molecule has 0 aliphatic heterocycles. The van der Waals surface area contributed by atoms with Gasteiger partial charge in [0.15, 0.2) is 0 Å². The lowest BCUT2D eigenvalue weighted by Gasteiger charge is -2.19. The van der Waals surface area contributed by atoms with Crippen LogP contribution >= 0.6 is 0 Å². The minimum absolute atomic E-state index is 0.747. The van der Waals surface area contributed by atoms with Crippen molar-refractivity contribution in [2.45, 2.75) is 26.8 Å². The lowest BCUT2D eigenvalue weighted by molar-refractivity contribution is 0.112. The zero-order chi connectivity index (χ0) is 11.1. The normalized spacial score (nSPS) is 10.6. The standard InChI is InChI=1S/C13H19NO/c1-3-9-14(4-2)10-12-5-7-13(11-15)8-6-12/h5-8,11H,3-4,9-10H2,1-2H3. The molecule has 2 nitrogen and oxygen atoms in total. The number of carbonyl (C=O) groups excluding carboxylic acids is 1. The van der Waals surface area contributed by atoms with Crippen LogP contribution in [-0.4, -0.2) is 24.3 Å². The highest BCUT2D eigenvalue weighted by molar-refractivity contribution is 5.74. The molecular weight excluding hydrogens is 186 g/mol. The molecule has 15 heavy (non-hydrogen) atoms. The van der Waals surface area contributed by atoms with Crippen molar-refractivity contribution >= 4 is 6.29 Å². The molecule has 0 saturated heterocycles. The smallest absolute Gasteiger partial charge is 0.150 e. The highest BCUT2D eigenvalue weighted by atomic mass is 16.1. The lowest BCUT2D eigenvalue weighted by atomic mass is 10.1. The maximum atomic E-state index is 10.5. The molecule has 0 atom stereocenters. The van der Waals surface area contributed by atoms with Crippen LogP contribution in [0.15, 0.2) is 24.3 Å². The first-order chi connectivity index (χ1) is 7.30. The monoisotopic (exact) mass is 205 g/mol. The second kappa shape index (κ2) is 6.36. The maximum absolute atomic E-state index is 10.5. The van der Waals surface area contributed by atoms with Gasteiger partial charge in [-0.2, -0.15) is 0 Å². The second-order valence-electron chi connectivity index (χ2n) is 3.73. The zero-order valence-electron chi connectivity index (χ0n) is 9.57. The number of rotatable bonds is 6. The minimum Gasteiger partial charge on any atom is -0.299 e. The predicted molar refractivity (Wildman–Crippen MR) is 63.1 cm³/mol. The van der Waals surface area contributed by atoms with Crippen molar-refractivity contribution in [1.82, 2.24) is 4.90 Å². The zero-order valence-corrected chi connectivity index (χ0v) is 9.57. The fourth-order valence-corrected chi connectivity index (χ4v) is 1.63. The Bertz CT molecular complexity index is 292. The summed E-state index contributed by atoms with van der Waals surface area (Å²) in [5.74, 6) is 0. The summed E-state index contributed by atoms with van der Waals surface area (Å²) in [7, 11) is 0. The summed E-state index contributed by atoms with van der Waals surface area (Å²) >= 11 is 0. The Morgan fingerprint density at radius 2 is 1.87 bits per heavy atom. The highest BCUT2D eigenvalue weighted by Crippen LogP contribution is 2.06. The molecule has 1 aromatic carbocycles. The van der Waals surface area contributed by atoms with Crippen molar-refractivity contribution < 1.29 is 4.79 Å². The summed E-state index contributed by atoms with van der Waals surface area (Å²) in [5.41, 5.74) is 2.02. The molecule has 1 rings (SSSR count). The average molecular weight is 205 g/mol. The number of carbonyl (C=O) groups is 1. The quantitative estimate of drug-likeness (QED) is 0.665. The van der Waals surface area contributed by atoms with Crippen molar-refractivity contribution in [2.24, 2.45) is 0 Å². The minimum atomic E-state index is 0.747. The second-order valence-corrected chi connectivity index (χ2v) is 3.73. The molecule has 0 N–H and O–H groups in total. The predicted octanol–water partition coefficient (Wildman–Crippen LogP) is 2.73. The van der Waals surface area contributed by atoms with Crippen LogP contribution in [0.4, 0.5) is 0 Å². The summed E-state index contributed by atoms with van der Waals surface area (Å²) in [5, 5.41) is 0. The molecule has 0 amide bonds. The fourth-order valence-electron chi connectivity index (χ4n) is 1.63. The Labute approximate surface area is 91.9 Å². The van der Waals surface area contributed by atoms with Crippen LogP contribution in [0.1, 0.15) is 36.2 Å². The molecule has 82 valence electrons. The molecule has 2 heteroatoms. The van der Waals surface area contributed by atoms with E-state index in [0.29, 0.717) is 0 Å². The van der Waals surface area contributed by atoms with E-state index in [9.17, 15) is 4.79 Å². The van der Waals surface area contributed by atoms with Crippen molar-refractivity contribution in [3.8, 4) is 0 Å². The Kier molecular flexibility index (Phi) is 5.05. The van der Waals surface area contributed by atoms with Gasteiger partial charge in [-0.1, -0.05) is 38.1 Å². The van der Waals surface area contributed by atoms with E-state index in [1.54, 1.807) is 0 Å². The van der Waals surface area contributed by atoms with E-state index in [2.05, 4.69) is 18.7 Å². The third-order valence-corrected chi connectivity index (χ3v) is 2.51. The van der Waals surface area contributed by atoms with Gasteiger partial charge in [0.05, 0.1) is 0 Å². The first-order valence-corrected chi connectivity index (χ1v) is 5.56. The molecule has 1 aromatic rings. The van der Waals surface area contributed by atoms with Crippen molar-refractivity contribution in [3.63, 3.8) is 0 Å². The van der Waals surface area contributed by atoms with Crippen LogP contribution in [0.3, 0.4) is 0 Å². The molecule has 0 saturated carbocycles. The van der Waals surface area contributed by atoms with Crippen LogP contribution < -0.4 is 0 Å². The summed E-state index contributed by atoms with van der Waals surface area (Å²) in [6.07, 6.45) is 2.06. The highest BCUT2D eigenvalue weighted by Gasteiger charge is 2.01. The molecule has 0 fully saturated rings. The number of benzene rings is 1. The van der Waals surface area contributed by atoms with Crippen molar-refractivity contribution in [3.05, 3.63) is 35.4 Å². The third kappa shape index (κ3) is 3.84. The van der Waals surface area contributed by atoms with Crippen LogP contribution in [0.5, 0.6) is 0 Å². The van der Waals surface area contributed by atoms with E-state index in [0.717, 1.165) is 31.5 Å². The van der Waals surface area contributed by atoms with Gasteiger partial charge >= 0.3 is 0 Å². The SMILES string of the molecule is CCCN(CC)Cc1ccc(C=O)cc1. The molecular formula is C13H19NO. The van der Waals surface area contributed by atoms with Gasteiger partial charge in [-0.05, 0) is 25.1 Å². The fraction of sp³-hybridized carbons (Fsp3) is 0.462. The van der Waals surface area contributed by atoms with Gasteiger partial charge < -0.3 is 0 Å². The molecule has 0 heterocycles. The van der Waals surface area contributed by atoms with Crippen LogP contribution in [0, 0.1) is 0 Å². The molecule has 0 aromatic heterocycles. The van der Waals surface area contributed by atoms with Gasteiger partial charge in [0, 0.05) is 12.1 Å². The van der Waals surface area contributed by atoms with Crippen molar-refractivity contribution in [1.29, 1.82) is 0 Å². The van der Waals surface area contributed by atoms with E-state index in [4.69, 9.17) is 0 Å². The van der Waals surface area contributed by atoms with Gasteiger partial charge in [-0.15, -0.1) is 0 Å². The van der Waals surface area contributed by atoms with Gasteiger partial charge in [0.25, 0.3) is 0 Å². The Morgan fingerprint density at radius 1 is 1.20 bits per heavy atom. The first kappa shape index (κ1) is 11.9. The van der Waals surface area contributed by atoms with Crippen LogP contribution in [0.2, 0.25) is 0 Å². The molecule has 0 aliphatic rings. The molecule has 0 aliphatic carbocycles. The summed E-state index contributed by atoms with van der Waals surface area (Å²) < 4.78 is 0. The number of hydrogen-bond acceptors (Lipinski definition) is 2. The third-order valence-electron chi connectivity index (χ3n) is 2.51. The first-order valence-electron chi connectivity index (χ1n) is 5.56. The molecule has 0 spiro atoms. The average Bonchev–Trinajstić information content (AvgIpc) is 2.29. The van der Waals surface area contributed by atoms with Crippen molar-refractivity contribution in [2.75, 3.05) is 13.1 Å². The summed E-state index contributed by atoms with van der Waals surface area (Å²) in [4.78, 5) is 12.9. The summed E-state index contributed by atoms with van der Waals surface area (Å²) in [6, 6.07) is 7.81. The van der Waals surface area contributed by atoms with Gasteiger partial charge in [-0.3, -0.25) is 9.69 Å². The Balaban J connectivity index is 2.58. The maximum Gasteiger partial charge on any atom is 0.150 e. The topological polar surface area (TPSA) is 20.3 Å². The largest absolute Gasteiger partial charge is 0.299 e. The molecule has 0 radical (unpaired) electrons. The van der Waals surface area contributed by atoms with E-state index < -0.39 is 0 Å². The van der Waals surface area contributed by atoms with E-state index in [1.165, 1.54) is 12.0 Å².